The highest BCUT2D eigenvalue weighted by molar-refractivity contribution is 7.18. The van der Waals surface area contributed by atoms with Crippen LogP contribution in [-0.4, -0.2) is 48.7 Å². The molecule has 0 aliphatic heterocycles. The lowest BCUT2D eigenvalue weighted by atomic mass is 9.96. The molecular formula is C30H28N2O8S. The number of hydrogen-bond acceptors (Lipinski definition) is 9. The third-order valence-corrected chi connectivity index (χ3v) is 7.61. The maximum absolute atomic E-state index is 13.4. The fourth-order valence-electron chi connectivity index (χ4n) is 4.42. The molecule has 0 spiro atoms. The highest BCUT2D eigenvalue weighted by Crippen LogP contribution is 2.35. The summed E-state index contributed by atoms with van der Waals surface area (Å²) in [6.45, 7) is 4.53. The molecule has 0 fully saturated rings. The Bertz CT molecular complexity index is 1730. The number of pyridine rings is 1. The summed E-state index contributed by atoms with van der Waals surface area (Å²) in [5.41, 5.74) is 2.09. The Kier molecular flexibility index (Phi) is 8.68. The van der Waals surface area contributed by atoms with Crippen LogP contribution in [-0.2, 0) is 26.1 Å². The molecule has 1 amide bonds. The number of nitrogens with zero attached hydrogens (tertiary/aromatic N) is 1. The summed E-state index contributed by atoms with van der Waals surface area (Å²) in [7, 11) is 2.65. The summed E-state index contributed by atoms with van der Waals surface area (Å²) >= 11 is 0.850. The van der Waals surface area contributed by atoms with Crippen molar-refractivity contribution in [2.24, 2.45) is 7.05 Å². The Morgan fingerprint density at radius 3 is 2.20 bits per heavy atom. The van der Waals surface area contributed by atoms with Gasteiger partial charge in [-0.2, -0.15) is 0 Å². The van der Waals surface area contributed by atoms with Gasteiger partial charge in [0.1, 0.15) is 15.6 Å². The molecule has 0 saturated carbocycles. The van der Waals surface area contributed by atoms with Gasteiger partial charge in [0.05, 0.1) is 19.3 Å². The molecule has 0 saturated heterocycles. The van der Waals surface area contributed by atoms with E-state index in [9.17, 15) is 24.0 Å². The third kappa shape index (κ3) is 5.75. The first kappa shape index (κ1) is 29.2. The van der Waals surface area contributed by atoms with Gasteiger partial charge in [-0.3, -0.25) is 9.59 Å². The first-order valence-corrected chi connectivity index (χ1v) is 13.4. The molecule has 2 aromatic heterocycles. The number of esters is 3. The van der Waals surface area contributed by atoms with Crippen LogP contribution in [0, 0.1) is 13.8 Å². The minimum atomic E-state index is -0.885. The molecule has 10 nitrogen and oxygen atoms in total. The molecule has 1 N–H and O–H groups in total. The second-order valence-electron chi connectivity index (χ2n) is 9.10. The van der Waals surface area contributed by atoms with E-state index >= 15 is 0 Å². The molecule has 41 heavy (non-hydrogen) atoms. The number of methoxy groups -OCH3 is 1. The van der Waals surface area contributed by atoms with E-state index in [1.54, 1.807) is 31.2 Å². The van der Waals surface area contributed by atoms with Crippen molar-refractivity contribution in [1.29, 1.82) is 0 Å². The predicted molar refractivity (Wildman–Crippen MR) is 155 cm³/mol. The number of thiophene rings is 1. The minimum Gasteiger partial charge on any atom is -0.465 e. The highest BCUT2D eigenvalue weighted by Gasteiger charge is 2.28. The number of hydrogen-bond donors (Lipinski definition) is 1. The van der Waals surface area contributed by atoms with E-state index in [2.05, 4.69) is 5.32 Å². The largest absolute Gasteiger partial charge is 0.465 e. The molecule has 0 radical (unpaired) electrons. The fourth-order valence-corrected chi connectivity index (χ4v) is 5.52. The predicted octanol–water partition coefficient (Wildman–Crippen LogP) is 4.64. The maximum atomic E-state index is 13.4. The van der Waals surface area contributed by atoms with Gasteiger partial charge >= 0.3 is 17.9 Å². The SMILES string of the molecule is CCOC(=O)c1sc(NC(=O)COC(=O)c2c(-c3ccc(C)cc3)c3ccccc3c(=O)n2C)c(C(=O)OC)c1C. The van der Waals surface area contributed by atoms with Crippen LogP contribution in [0.5, 0.6) is 0 Å². The zero-order valence-corrected chi connectivity index (χ0v) is 24.0. The lowest BCUT2D eigenvalue weighted by Gasteiger charge is -2.17. The topological polar surface area (TPSA) is 130 Å². The molecule has 0 aliphatic rings. The molecule has 212 valence electrons. The summed E-state index contributed by atoms with van der Waals surface area (Å²) in [6.07, 6.45) is 0. The number of carbonyl (C=O) groups is 4. The molecule has 4 aromatic rings. The summed E-state index contributed by atoms with van der Waals surface area (Å²) in [4.78, 5) is 64.3. The van der Waals surface area contributed by atoms with Crippen LogP contribution in [0.2, 0.25) is 0 Å². The van der Waals surface area contributed by atoms with Crippen molar-refractivity contribution < 1.29 is 33.4 Å². The summed E-state index contributed by atoms with van der Waals surface area (Å²) in [5.74, 6) is -3.05. The van der Waals surface area contributed by atoms with Gasteiger partial charge < -0.3 is 24.1 Å². The quantitative estimate of drug-likeness (QED) is 0.237. The van der Waals surface area contributed by atoms with Crippen molar-refractivity contribution in [2.45, 2.75) is 20.8 Å². The number of aromatic nitrogens is 1. The molecule has 4 rings (SSSR count). The number of carbonyl (C=O) groups excluding carboxylic acids is 4. The van der Waals surface area contributed by atoms with Crippen molar-refractivity contribution in [3.8, 4) is 11.1 Å². The van der Waals surface area contributed by atoms with E-state index in [0.717, 1.165) is 16.9 Å². The molecule has 0 aliphatic carbocycles. The number of benzene rings is 2. The van der Waals surface area contributed by atoms with Gasteiger partial charge in [-0.1, -0.05) is 48.0 Å². The lowest BCUT2D eigenvalue weighted by Crippen LogP contribution is -2.28. The number of rotatable bonds is 8. The fraction of sp³-hybridized carbons (Fsp3) is 0.233. The Hall–Kier alpha value is -4.77. The molecule has 0 atom stereocenters. The number of ether oxygens (including phenoxy) is 3. The van der Waals surface area contributed by atoms with Gasteiger partial charge in [0.15, 0.2) is 6.61 Å². The number of aryl methyl sites for hydroxylation is 1. The average molecular weight is 577 g/mol. The molecule has 2 aromatic carbocycles. The first-order chi connectivity index (χ1) is 19.6. The second-order valence-corrected chi connectivity index (χ2v) is 10.1. The van der Waals surface area contributed by atoms with Gasteiger partial charge in [0.2, 0.25) is 0 Å². The lowest BCUT2D eigenvalue weighted by molar-refractivity contribution is -0.119. The second kappa shape index (κ2) is 12.2. The monoisotopic (exact) mass is 576 g/mol. The Labute approximate surface area is 239 Å². The van der Waals surface area contributed by atoms with Crippen LogP contribution < -0.4 is 10.9 Å². The smallest absolute Gasteiger partial charge is 0.356 e. The third-order valence-electron chi connectivity index (χ3n) is 6.42. The van der Waals surface area contributed by atoms with E-state index in [1.807, 2.05) is 31.2 Å². The van der Waals surface area contributed by atoms with E-state index in [-0.39, 0.29) is 27.7 Å². The first-order valence-electron chi connectivity index (χ1n) is 12.6. The van der Waals surface area contributed by atoms with Crippen LogP contribution in [0.4, 0.5) is 5.00 Å². The summed E-state index contributed by atoms with van der Waals surface area (Å²) in [6, 6.07) is 14.4. The van der Waals surface area contributed by atoms with Gasteiger partial charge in [-0.25, -0.2) is 14.4 Å². The molecule has 0 unspecified atom stereocenters. The Balaban J connectivity index is 1.65. The zero-order valence-electron chi connectivity index (χ0n) is 23.2. The number of amides is 1. The van der Waals surface area contributed by atoms with Crippen molar-refractivity contribution in [1.82, 2.24) is 4.57 Å². The van der Waals surface area contributed by atoms with E-state index in [4.69, 9.17) is 14.2 Å². The Morgan fingerprint density at radius 2 is 1.56 bits per heavy atom. The molecule has 2 heterocycles. The van der Waals surface area contributed by atoms with Crippen molar-refractivity contribution in [3.05, 3.63) is 86.1 Å². The van der Waals surface area contributed by atoms with Crippen molar-refractivity contribution in [3.63, 3.8) is 0 Å². The van der Waals surface area contributed by atoms with E-state index in [1.165, 1.54) is 25.6 Å². The Morgan fingerprint density at radius 1 is 0.902 bits per heavy atom. The molecular weight excluding hydrogens is 548 g/mol. The number of nitrogens with one attached hydrogen (secondary N) is 1. The highest BCUT2D eigenvalue weighted by atomic mass is 32.1. The number of anilines is 1. The standard InChI is InChI=1S/C30H28N2O8S/c1-6-39-30(37)25-17(3)22(28(35)38-5)26(41-25)31-21(33)15-40-29(36)24-23(18-13-11-16(2)12-14-18)19-9-7-8-10-20(19)27(34)32(24)4/h7-14H,6,15H2,1-5H3,(H,31,33). The zero-order chi connectivity index (χ0) is 29.8. The van der Waals surface area contributed by atoms with Crippen LogP contribution in [0.15, 0.2) is 53.3 Å². The van der Waals surface area contributed by atoms with Crippen LogP contribution in [0.3, 0.4) is 0 Å². The molecule has 11 heteroatoms. The van der Waals surface area contributed by atoms with Crippen LogP contribution >= 0.6 is 11.3 Å². The van der Waals surface area contributed by atoms with Gasteiger partial charge in [0, 0.05) is 18.0 Å². The van der Waals surface area contributed by atoms with Crippen LogP contribution in [0.25, 0.3) is 21.9 Å². The normalized spacial score (nSPS) is 10.8. The summed E-state index contributed by atoms with van der Waals surface area (Å²) in [5, 5.41) is 3.58. The summed E-state index contributed by atoms with van der Waals surface area (Å²) < 4.78 is 16.4. The van der Waals surface area contributed by atoms with Gasteiger partial charge in [-0.05, 0) is 43.4 Å². The molecule has 0 bridgehead atoms. The van der Waals surface area contributed by atoms with E-state index < -0.39 is 36.0 Å². The average Bonchev–Trinajstić information content (AvgIpc) is 3.29. The minimum absolute atomic E-state index is 0.00110. The van der Waals surface area contributed by atoms with Crippen molar-refractivity contribution in [2.75, 3.05) is 25.6 Å². The van der Waals surface area contributed by atoms with Crippen molar-refractivity contribution >= 4 is 50.9 Å². The van der Waals surface area contributed by atoms with E-state index in [0.29, 0.717) is 27.5 Å². The maximum Gasteiger partial charge on any atom is 0.356 e. The van der Waals surface area contributed by atoms with Gasteiger partial charge in [0.25, 0.3) is 11.5 Å². The van der Waals surface area contributed by atoms with Crippen LogP contribution in [0.1, 0.15) is 48.6 Å². The number of fused-ring (bicyclic) bond motifs is 1. The van der Waals surface area contributed by atoms with Gasteiger partial charge in [-0.15, -0.1) is 11.3 Å².